The number of rotatable bonds is 2. The van der Waals surface area contributed by atoms with Crippen LogP contribution in [0.3, 0.4) is 0 Å². The van der Waals surface area contributed by atoms with Gasteiger partial charge in [0.2, 0.25) is 5.91 Å². The highest BCUT2D eigenvalue weighted by Crippen LogP contribution is 2.17. The Kier molecular flexibility index (Phi) is 3.57. The Bertz CT molecular complexity index is 709. The lowest BCUT2D eigenvalue weighted by Crippen LogP contribution is -2.31. The lowest BCUT2D eigenvalue weighted by atomic mass is 10.2. The van der Waals surface area contributed by atoms with E-state index in [1.54, 1.807) is 32.2 Å². The smallest absolute Gasteiger partial charge is 0.261 e. The average molecular weight is 280 g/mol. The van der Waals surface area contributed by atoms with Crippen LogP contribution in [0, 0.1) is 0 Å². The van der Waals surface area contributed by atoms with Crippen LogP contribution >= 0.6 is 11.6 Å². The number of aromatic nitrogens is 2. The van der Waals surface area contributed by atoms with Gasteiger partial charge in [-0.25, -0.2) is 4.98 Å². The maximum Gasteiger partial charge on any atom is 0.261 e. The van der Waals surface area contributed by atoms with E-state index in [2.05, 4.69) is 10.3 Å². The summed E-state index contributed by atoms with van der Waals surface area (Å²) in [6.07, 6.45) is 0. The molecular formula is C13H14ClN3O2. The van der Waals surface area contributed by atoms with Crippen molar-refractivity contribution in [2.24, 2.45) is 7.05 Å². The van der Waals surface area contributed by atoms with E-state index in [9.17, 15) is 9.59 Å². The number of benzene rings is 1. The fourth-order valence-corrected chi connectivity index (χ4v) is 2.18. The second-order valence-corrected chi connectivity index (χ2v) is 4.85. The molecule has 0 aliphatic heterocycles. The van der Waals surface area contributed by atoms with Gasteiger partial charge in [-0.1, -0.05) is 11.6 Å². The first-order valence-electron chi connectivity index (χ1n) is 5.83. The van der Waals surface area contributed by atoms with E-state index in [0.717, 1.165) is 0 Å². The first kappa shape index (κ1) is 13.5. The Hall–Kier alpha value is -1.88. The van der Waals surface area contributed by atoms with Gasteiger partial charge in [0.1, 0.15) is 5.82 Å². The minimum Gasteiger partial charge on any atom is -0.347 e. The quantitative estimate of drug-likeness (QED) is 0.911. The second-order valence-electron chi connectivity index (χ2n) is 4.42. The van der Waals surface area contributed by atoms with E-state index in [-0.39, 0.29) is 17.5 Å². The van der Waals surface area contributed by atoms with Crippen LogP contribution in [0.15, 0.2) is 23.0 Å². The van der Waals surface area contributed by atoms with E-state index >= 15 is 0 Å². The minimum atomic E-state index is -0.349. The Balaban J connectivity index is 2.65. The maximum absolute atomic E-state index is 12.2. The number of nitrogens with zero attached hydrogens (tertiary/aromatic N) is 2. The number of fused-ring (bicyclic) bond motifs is 1. The molecule has 1 amide bonds. The lowest BCUT2D eigenvalue weighted by molar-refractivity contribution is -0.119. The van der Waals surface area contributed by atoms with Gasteiger partial charge in [0.25, 0.3) is 5.56 Å². The van der Waals surface area contributed by atoms with Crippen LogP contribution in [0.25, 0.3) is 10.9 Å². The molecule has 1 unspecified atom stereocenters. The fourth-order valence-electron chi connectivity index (χ4n) is 2.02. The van der Waals surface area contributed by atoms with E-state index in [0.29, 0.717) is 21.7 Å². The van der Waals surface area contributed by atoms with Crippen molar-refractivity contribution in [2.75, 3.05) is 0 Å². The van der Waals surface area contributed by atoms with Crippen molar-refractivity contribution >= 4 is 28.4 Å². The highest BCUT2D eigenvalue weighted by molar-refractivity contribution is 6.31. The van der Waals surface area contributed by atoms with Crippen LogP contribution in [-0.4, -0.2) is 15.5 Å². The van der Waals surface area contributed by atoms with Crippen LogP contribution in [0.4, 0.5) is 0 Å². The van der Waals surface area contributed by atoms with Crippen LogP contribution < -0.4 is 10.9 Å². The van der Waals surface area contributed by atoms with Gasteiger partial charge in [-0.05, 0) is 25.1 Å². The first-order chi connectivity index (χ1) is 8.90. The van der Waals surface area contributed by atoms with Crippen molar-refractivity contribution in [2.45, 2.75) is 19.9 Å². The van der Waals surface area contributed by atoms with Crippen molar-refractivity contribution < 1.29 is 4.79 Å². The summed E-state index contributed by atoms with van der Waals surface area (Å²) in [6, 6.07) is 4.60. The number of carbonyl (C=O) groups is 1. The van der Waals surface area contributed by atoms with Gasteiger partial charge in [0.05, 0.1) is 16.9 Å². The molecule has 1 aromatic heterocycles. The van der Waals surface area contributed by atoms with Crippen LogP contribution in [0.2, 0.25) is 5.02 Å². The molecule has 2 rings (SSSR count). The van der Waals surface area contributed by atoms with Crippen molar-refractivity contribution in [3.05, 3.63) is 39.4 Å². The molecule has 0 saturated heterocycles. The van der Waals surface area contributed by atoms with E-state index in [4.69, 9.17) is 11.6 Å². The zero-order chi connectivity index (χ0) is 14.2. The molecule has 100 valence electrons. The van der Waals surface area contributed by atoms with Crippen molar-refractivity contribution in [3.63, 3.8) is 0 Å². The molecule has 1 N–H and O–H groups in total. The highest BCUT2D eigenvalue weighted by Gasteiger charge is 2.15. The molecule has 0 spiro atoms. The van der Waals surface area contributed by atoms with Crippen molar-refractivity contribution in [1.29, 1.82) is 0 Å². The summed E-state index contributed by atoms with van der Waals surface area (Å²) in [5.41, 5.74) is 0.372. The van der Waals surface area contributed by atoms with Crippen molar-refractivity contribution in [3.8, 4) is 0 Å². The van der Waals surface area contributed by atoms with Gasteiger partial charge in [-0.2, -0.15) is 0 Å². The predicted octanol–water partition coefficient (Wildman–Crippen LogP) is 1.78. The zero-order valence-corrected chi connectivity index (χ0v) is 11.7. The zero-order valence-electron chi connectivity index (χ0n) is 10.9. The lowest BCUT2D eigenvalue weighted by Gasteiger charge is -2.16. The number of hydrogen-bond acceptors (Lipinski definition) is 3. The number of carbonyl (C=O) groups excluding carboxylic acids is 1. The van der Waals surface area contributed by atoms with Crippen LogP contribution in [0.5, 0.6) is 0 Å². The van der Waals surface area contributed by atoms with Crippen LogP contribution in [0.1, 0.15) is 25.7 Å². The Morgan fingerprint density at radius 1 is 1.47 bits per heavy atom. The van der Waals surface area contributed by atoms with Gasteiger partial charge in [0.15, 0.2) is 0 Å². The number of amides is 1. The molecule has 0 aliphatic carbocycles. The molecule has 6 heteroatoms. The third-order valence-corrected chi connectivity index (χ3v) is 3.12. The molecule has 0 bridgehead atoms. The monoisotopic (exact) mass is 279 g/mol. The molecule has 19 heavy (non-hydrogen) atoms. The molecule has 1 atom stereocenters. The molecule has 2 aromatic rings. The summed E-state index contributed by atoms with van der Waals surface area (Å²) in [5.74, 6) is 0.322. The third kappa shape index (κ3) is 2.61. The topological polar surface area (TPSA) is 64.0 Å². The Labute approximate surface area is 115 Å². The van der Waals surface area contributed by atoms with E-state index in [1.807, 2.05) is 0 Å². The molecular weight excluding hydrogens is 266 g/mol. The number of halogens is 1. The largest absolute Gasteiger partial charge is 0.347 e. The van der Waals surface area contributed by atoms with Gasteiger partial charge in [-0.3, -0.25) is 14.2 Å². The van der Waals surface area contributed by atoms with Gasteiger partial charge >= 0.3 is 0 Å². The summed E-state index contributed by atoms with van der Waals surface area (Å²) in [6.45, 7) is 3.20. The average Bonchev–Trinajstić information content (AvgIpc) is 2.32. The normalized spacial score (nSPS) is 12.4. The highest BCUT2D eigenvalue weighted by atomic mass is 35.5. The molecule has 0 aliphatic rings. The Morgan fingerprint density at radius 2 is 2.16 bits per heavy atom. The first-order valence-corrected chi connectivity index (χ1v) is 6.21. The van der Waals surface area contributed by atoms with Crippen LogP contribution in [-0.2, 0) is 11.8 Å². The molecule has 1 heterocycles. The molecule has 5 nitrogen and oxygen atoms in total. The summed E-state index contributed by atoms with van der Waals surface area (Å²) in [4.78, 5) is 27.7. The number of hydrogen-bond donors (Lipinski definition) is 1. The predicted molar refractivity (Wildman–Crippen MR) is 74.2 cm³/mol. The fraction of sp³-hybridized carbons (Fsp3) is 0.308. The van der Waals surface area contributed by atoms with E-state index in [1.165, 1.54) is 11.5 Å². The van der Waals surface area contributed by atoms with Gasteiger partial charge < -0.3 is 5.32 Å². The maximum atomic E-state index is 12.2. The minimum absolute atomic E-state index is 0.158. The third-order valence-electron chi connectivity index (χ3n) is 2.88. The van der Waals surface area contributed by atoms with E-state index < -0.39 is 0 Å². The molecule has 0 saturated carbocycles. The summed E-state index contributed by atoms with van der Waals surface area (Å²) in [7, 11) is 1.64. The molecule has 0 radical (unpaired) electrons. The van der Waals surface area contributed by atoms with Gasteiger partial charge in [-0.15, -0.1) is 0 Å². The Morgan fingerprint density at radius 3 is 2.79 bits per heavy atom. The SMILES string of the molecule is CC(=O)NC(C)c1nc2cc(Cl)ccc2c(=O)n1C. The summed E-state index contributed by atoms with van der Waals surface area (Å²) < 4.78 is 1.44. The summed E-state index contributed by atoms with van der Waals surface area (Å²) in [5, 5.41) is 3.74. The summed E-state index contributed by atoms with van der Waals surface area (Å²) >= 11 is 5.91. The molecule has 0 fully saturated rings. The number of nitrogens with one attached hydrogen (secondary N) is 1. The van der Waals surface area contributed by atoms with Gasteiger partial charge in [0, 0.05) is 19.0 Å². The standard InChI is InChI=1S/C13H14ClN3O2/c1-7(15-8(2)18)12-16-11-6-9(14)4-5-10(11)13(19)17(12)3/h4-7H,1-3H3,(H,15,18). The molecule has 1 aromatic carbocycles. The van der Waals surface area contributed by atoms with Crippen molar-refractivity contribution in [1.82, 2.24) is 14.9 Å². The second kappa shape index (κ2) is 5.01.